The number of carbonyl (C=O) groups is 1. The van der Waals surface area contributed by atoms with Gasteiger partial charge in [-0.1, -0.05) is 17.7 Å². The molecule has 106 valence electrons. The maximum Gasteiger partial charge on any atom is 0.226 e. The summed E-state index contributed by atoms with van der Waals surface area (Å²) in [5.74, 6) is 1.43. The first kappa shape index (κ1) is 14.4. The van der Waals surface area contributed by atoms with Crippen LogP contribution in [0.1, 0.15) is 12.2 Å². The summed E-state index contributed by atoms with van der Waals surface area (Å²) in [5, 5.41) is 0.615. The van der Waals surface area contributed by atoms with Gasteiger partial charge in [0.05, 0.1) is 19.6 Å². The van der Waals surface area contributed by atoms with Crippen LogP contribution in [0, 0.1) is 0 Å². The van der Waals surface area contributed by atoms with Crippen LogP contribution in [-0.4, -0.2) is 34.4 Å². The lowest BCUT2D eigenvalue weighted by Crippen LogP contribution is -2.27. The van der Waals surface area contributed by atoms with Crippen molar-refractivity contribution in [2.24, 2.45) is 0 Å². The van der Waals surface area contributed by atoms with Gasteiger partial charge in [-0.05, 0) is 18.2 Å². The zero-order valence-corrected chi connectivity index (χ0v) is 11.9. The molecule has 0 atom stereocenters. The normalized spacial score (nSPS) is 10.3. The Bertz CT molecular complexity index is 557. The fourth-order valence-electron chi connectivity index (χ4n) is 1.70. The van der Waals surface area contributed by atoms with Crippen LogP contribution in [0.15, 0.2) is 36.7 Å². The third kappa shape index (κ3) is 4.28. The number of aromatic amines is 1. The Balaban J connectivity index is 1.74. The summed E-state index contributed by atoms with van der Waals surface area (Å²) in [7, 11) is 1.74. The highest BCUT2D eigenvalue weighted by molar-refractivity contribution is 6.30. The summed E-state index contributed by atoms with van der Waals surface area (Å²) in [6.45, 7) is 0.782. The Morgan fingerprint density at radius 2 is 2.35 bits per heavy atom. The third-order valence-corrected chi connectivity index (χ3v) is 2.98. The van der Waals surface area contributed by atoms with Gasteiger partial charge in [0.2, 0.25) is 5.91 Å². The molecule has 2 aromatic rings. The van der Waals surface area contributed by atoms with E-state index in [-0.39, 0.29) is 5.91 Å². The monoisotopic (exact) mass is 293 g/mol. The number of imidazole rings is 1. The molecule has 0 aliphatic rings. The highest BCUT2D eigenvalue weighted by Gasteiger charge is 2.10. The van der Waals surface area contributed by atoms with Gasteiger partial charge in [0.15, 0.2) is 0 Å². The molecule has 0 aliphatic carbocycles. The number of halogens is 1. The largest absolute Gasteiger partial charge is 0.493 e. The summed E-state index contributed by atoms with van der Waals surface area (Å²) in [6.07, 6.45) is 3.70. The lowest BCUT2D eigenvalue weighted by Gasteiger charge is -2.16. The molecule has 1 aromatic heterocycles. The van der Waals surface area contributed by atoms with Gasteiger partial charge in [-0.3, -0.25) is 4.79 Å². The second kappa shape index (κ2) is 6.96. The van der Waals surface area contributed by atoms with E-state index in [0.29, 0.717) is 30.3 Å². The number of ether oxygens (including phenoxy) is 1. The smallest absolute Gasteiger partial charge is 0.226 e. The van der Waals surface area contributed by atoms with E-state index >= 15 is 0 Å². The van der Waals surface area contributed by atoms with E-state index < -0.39 is 0 Å². The molecule has 5 nitrogen and oxygen atoms in total. The minimum absolute atomic E-state index is 0.00317. The van der Waals surface area contributed by atoms with Crippen LogP contribution in [0.5, 0.6) is 5.75 Å². The zero-order chi connectivity index (χ0) is 14.4. The SMILES string of the molecule is CN(Cc1ncc[nH]1)C(=O)CCOc1cccc(Cl)c1. The molecule has 0 spiro atoms. The summed E-state index contributed by atoms with van der Waals surface area (Å²) < 4.78 is 5.49. The van der Waals surface area contributed by atoms with Crippen molar-refractivity contribution in [3.63, 3.8) is 0 Å². The van der Waals surface area contributed by atoms with Gasteiger partial charge >= 0.3 is 0 Å². The van der Waals surface area contributed by atoms with Gasteiger partial charge in [-0.15, -0.1) is 0 Å². The van der Waals surface area contributed by atoms with Gasteiger partial charge in [0.1, 0.15) is 11.6 Å². The lowest BCUT2D eigenvalue weighted by molar-refractivity contribution is -0.131. The highest BCUT2D eigenvalue weighted by Crippen LogP contribution is 2.17. The molecule has 0 bridgehead atoms. The Morgan fingerprint density at radius 1 is 1.50 bits per heavy atom. The number of nitrogens with zero attached hydrogens (tertiary/aromatic N) is 2. The summed E-state index contributed by atoms with van der Waals surface area (Å²) >= 11 is 5.85. The Kier molecular flexibility index (Phi) is 5.01. The van der Waals surface area contributed by atoms with Crippen molar-refractivity contribution in [1.82, 2.24) is 14.9 Å². The van der Waals surface area contributed by atoms with E-state index in [1.54, 1.807) is 36.5 Å². The maximum atomic E-state index is 11.9. The molecule has 1 N–H and O–H groups in total. The fraction of sp³-hybridized carbons (Fsp3) is 0.286. The number of aromatic nitrogens is 2. The number of benzene rings is 1. The standard InChI is InChI=1S/C14H16ClN3O2/c1-18(10-13-16-6-7-17-13)14(19)5-8-20-12-4-2-3-11(15)9-12/h2-4,6-7,9H,5,8,10H2,1H3,(H,16,17). The fourth-order valence-corrected chi connectivity index (χ4v) is 1.88. The molecule has 2 rings (SSSR count). The lowest BCUT2D eigenvalue weighted by atomic mass is 10.3. The van der Waals surface area contributed by atoms with Crippen molar-refractivity contribution >= 4 is 17.5 Å². The molecule has 1 amide bonds. The van der Waals surface area contributed by atoms with Crippen LogP contribution in [0.25, 0.3) is 0 Å². The molecule has 0 radical (unpaired) electrons. The van der Waals surface area contributed by atoms with E-state index in [0.717, 1.165) is 5.82 Å². The Labute approximate surface area is 122 Å². The van der Waals surface area contributed by atoms with E-state index in [1.807, 2.05) is 12.1 Å². The van der Waals surface area contributed by atoms with Crippen LogP contribution < -0.4 is 4.74 Å². The van der Waals surface area contributed by atoms with Crippen LogP contribution in [0.2, 0.25) is 5.02 Å². The average molecular weight is 294 g/mol. The van der Waals surface area contributed by atoms with Crippen molar-refractivity contribution in [2.45, 2.75) is 13.0 Å². The number of H-pyrrole nitrogens is 1. The van der Waals surface area contributed by atoms with E-state index in [2.05, 4.69) is 9.97 Å². The molecule has 0 fully saturated rings. The van der Waals surface area contributed by atoms with Crippen molar-refractivity contribution in [3.8, 4) is 5.75 Å². The van der Waals surface area contributed by atoms with Crippen molar-refractivity contribution in [1.29, 1.82) is 0 Å². The molecule has 0 saturated carbocycles. The number of nitrogens with one attached hydrogen (secondary N) is 1. The number of rotatable bonds is 6. The molecule has 1 aromatic carbocycles. The van der Waals surface area contributed by atoms with Gasteiger partial charge in [0.25, 0.3) is 0 Å². The first-order chi connectivity index (χ1) is 9.65. The average Bonchev–Trinajstić information content (AvgIpc) is 2.91. The van der Waals surface area contributed by atoms with Crippen LogP contribution in [-0.2, 0) is 11.3 Å². The van der Waals surface area contributed by atoms with Crippen LogP contribution >= 0.6 is 11.6 Å². The zero-order valence-electron chi connectivity index (χ0n) is 11.2. The first-order valence-electron chi connectivity index (χ1n) is 6.26. The molecule has 0 aliphatic heterocycles. The quantitative estimate of drug-likeness (QED) is 0.890. The first-order valence-corrected chi connectivity index (χ1v) is 6.63. The summed E-state index contributed by atoms with van der Waals surface area (Å²) in [4.78, 5) is 20.6. The minimum Gasteiger partial charge on any atom is -0.493 e. The second-order valence-electron chi connectivity index (χ2n) is 4.34. The minimum atomic E-state index is 0.00317. The number of hydrogen-bond acceptors (Lipinski definition) is 3. The van der Waals surface area contributed by atoms with E-state index in [9.17, 15) is 4.79 Å². The van der Waals surface area contributed by atoms with Gasteiger partial charge in [-0.25, -0.2) is 4.98 Å². The van der Waals surface area contributed by atoms with Crippen molar-refractivity contribution in [3.05, 3.63) is 47.5 Å². The number of hydrogen-bond donors (Lipinski definition) is 1. The predicted molar refractivity (Wildman–Crippen MR) is 76.6 cm³/mol. The van der Waals surface area contributed by atoms with Crippen molar-refractivity contribution in [2.75, 3.05) is 13.7 Å². The predicted octanol–water partition coefficient (Wildman–Crippen LogP) is 2.49. The third-order valence-electron chi connectivity index (χ3n) is 2.75. The molecular weight excluding hydrogens is 278 g/mol. The molecule has 20 heavy (non-hydrogen) atoms. The second-order valence-corrected chi connectivity index (χ2v) is 4.78. The molecule has 1 heterocycles. The van der Waals surface area contributed by atoms with Gasteiger partial charge < -0.3 is 14.6 Å². The van der Waals surface area contributed by atoms with E-state index in [4.69, 9.17) is 16.3 Å². The summed E-state index contributed by atoms with van der Waals surface area (Å²) in [5.41, 5.74) is 0. The molecule has 6 heteroatoms. The van der Waals surface area contributed by atoms with Crippen LogP contribution in [0.4, 0.5) is 0 Å². The van der Waals surface area contributed by atoms with Crippen LogP contribution in [0.3, 0.4) is 0 Å². The molecule has 0 saturated heterocycles. The summed E-state index contributed by atoms with van der Waals surface area (Å²) in [6, 6.07) is 7.11. The number of amides is 1. The maximum absolute atomic E-state index is 11.9. The number of carbonyl (C=O) groups excluding carboxylic acids is 1. The van der Waals surface area contributed by atoms with E-state index in [1.165, 1.54) is 0 Å². The Hall–Kier alpha value is -2.01. The Morgan fingerprint density at radius 3 is 3.05 bits per heavy atom. The topological polar surface area (TPSA) is 58.2 Å². The van der Waals surface area contributed by atoms with Crippen molar-refractivity contribution < 1.29 is 9.53 Å². The van der Waals surface area contributed by atoms with Gasteiger partial charge in [-0.2, -0.15) is 0 Å². The highest BCUT2D eigenvalue weighted by atomic mass is 35.5. The van der Waals surface area contributed by atoms with Gasteiger partial charge in [0, 0.05) is 24.5 Å². The molecule has 0 unspecified atom stereocenters. The molecular formula is C14H16ClN3O2.